The van der Waals surface area contributed by atoms with Gasteiger partial charge < -0.3 is 4.74 Å². The lowest BCUT2D eigenvalue weighted by Gasteiger charge is -2.04. The van der Waals surface area contributed by atoms with Crippen molar-refractivity contribution in [2.75, 3.05) is 19.0 Å². The van der Waals surface area contributed by atoms with Crippen LogP contribution in [0.2, 0.25) is 0 Å². The van der Waals surface area contributed by atoms with E-state index in [0.29, 0.717) is 0 Å². The number of ketones is 1. The lowest BCUT2D eigenvalue weighted by atomic mass is 10.2. The van der Waals surface area contributed by atoms with Crippen LogP contribution >= 0.6 is 11.8 Å². The monoisotopic (exact) mass is 238 g/mol. The standard InChI is InChI=1S/C13H18O2S/c1-3-7-15-8-9-16-13-6-4-5-12(10-13)11(2)14/h4-6,10H,3,7-9H2,1-2H3. The molecule has 0 aliphatic carbocycles. The quantitative estimate of drug-likeness (QED) is 0.414. The normalized spacial score (nSPS) is 10.4. The second kappa shape index (κ2) is 7.47. The van der Waals surface area contributed by atoms with Crippen molar-refractivity contribution in [3.8, 4) is 0 Å². The Morgan fingerprint density at radius 3 is 2.88 bits per heavy atom. The molecule has 1 rings (SSSR count). The summed E-state index contributed by atoms with van der Waals surface area (Å²) in [5, 5.41) is 0. The molecule has 0 aliphatic rings. The fourth-order valence-corrected chi connectivity index (χ4v) is 2.09. The number of thioether (sulfide) groups is 1. The van der Waals surface area contributed by atoms with Crippen molar-refractivity contribution in [3.05, 3.63) is 29.8 Å². The molecule has 1 aromatic carbocycles. The van der Waals surface area contributed by atoms with Gasteiger partial charge in [-0.3, -0.25) is 4.79 Å². The fraction of sp³-hybridized carbons (Fsp3) is 0.462. The van der Waals surface area contributed by atoms with Crippen LogP contribution in [0.4, 0.5) is 0 Å². The number of carbonyl (C=O) groups excluding carboxylic acids is 1. The van der Waals surface area contributed by atoms with Gasteiger partial charge in [-0.2, -0.15) is 0 Å². The van der Waals surface area contributed by atoms with Crippen LogP contribution in [0.5, 0.6) is 0 Å². The van der Waals surface area contributed by atoms with E-state index in [0.717, 1.165) is 35.8 Å². The molecule has 0 bridgehead atoms. The van der Waals surface area contributed by atoms with Crippen LogP contribution in [-0.4, -0.2) is 24.7 Å². The van der Waals surface area contributed by atoms with Gasteiger partial charge in [-0.15, -0.1) is 11.8 Å². The molecular formula is C13H18O2S. The van der Waals surface area contributed by atoms with Gasteiger partial charge >= 0.3 is 0 Å². The molecule has 0 amide bonds. The molecule has 0 aliphatic heterocycles. The SMILES string of the molecule is CCCOCCSc1cccc(C(C)=O)c1. The molecule has 2 nitrogen and oxygen atoms in total. The van der Waals surface area contributed by atoms with Gasteiger partial charge in [-0.05, 0) is 25.5 Å². The minimum atomic E-state index is 0.115. The molecule has 0 heterocycles. The van der Waals surface area contributed by atoms with E-state index in [1.54, 1.807) is 18.7 Å². The number of rotatable bonds is 7. The topological polar surface area (TPSA) is 26.3 Å². The van der Waals surface area contributed by atoms with E-state index in [1.807, 2.05) is 24.3 Å². The molecule has 1 aromatic rings. The summed E-state index contributed by atoms with van der Waals surface area (Å²) in [6, 6.07) is 7.73. The maximum atomic E-state index is 11.2. The number of hydrogen-bond acceptors (Lipinski definition) is 3. The van der Waals surface area contributed by atoms with Gasteiger partial charge in [0.25, 0.3) is 0 Å². The third-order valence-electron chi connectivity index (χ3n) is 2.09. The van der Waals surface area contributed by atoms with Gasteiger partial charge in [-0.1, -0.05) is 19.1 Å². The lowest BCUT2D eigenvalue weighted by Crippen LogP contribution is -1.98. The van der Waals surface area contributed by atoms with E-state index in [-0.39, 0.29) is 5.78 Å². The zero-order valence-corrected chi connectivity index (χ0v) is 10.7. The zero-order valence-electron chi connectivity index (χ0n) is 9.86. The van der Waals surface area contributed by atoms with Crippen molar-refractivity contribution in [1.29, 1.82) is 0 Å². The molecule has 3 heteroatoms. The van der Waals surface area contributed by atoms with E-state index in [1.165, 1.54) is 0 Å². The van der Waals surface area contributed by atoms with Crippen molar-refractivity contribution >= 4 is 17.5 Å². The van der Waals surface area contributed by atoms with Gasteiger partial charge in [0.15, 0.2) is 5.78 Å². The van der Waals surface area contributed by atoms with Crippen LogP contribution in [0.25, 0.3) is 0 Å². The Kier molecular flexibility index (Phi) is 6.19. The van der Waals surface area contributed by atoms with Crippen molar-refractivity contribution in [1.82, 2.24) is 0 Å². The predicted octanol–water partition coefficient (Wildman–Crippen LogP) is 3.41. The van der Waals surface area contributed by atoms with Gasteiger partial charge in [-0.25, -0.2) is 0 Å². The zero-order chi connectivity index (χ0) is 11.8. The third-order valence-corrected chi connectivity index (χ3v) is 3.04. The molecule has 16 heavy (non-hydrogen) atoms. The molecule has 0 atom stereocenters. The molecule has 0 fully saturated rings. The van der Waals surface area contributed by atoms with E-state index in [2.05, 4.69) is 6.92 Å². The van der Waals surface area contributed by atoms with Crippen molar-refractivity contribution in [2.24, 2.45) is 0 Å². The highest BCUT2D eigenvalue weighted by Crippen LogP contribution is 2.19. The van der Waals surface area contributed by atoms with Crippen LogP contribution in [0.3, 0.4) is 0 Å². The van der Waals surface area contributed by atoms with Crippen molar-refractivity contribution in [3.63, 3.8) is 0 Å². The molecule has 0 aromatic heterocycles. The van der Waals surface area contributed by atoms with Crippen LogP contribution in [0, 0.1) is 0 Å². The number of carbonyl (C=O) groups is 1. The second-order valence-electron chi connectivity index (χ2n) is 3.54. The van der Waals surface area contributed by atoms with Crippen LogP contribution < -0.4 is 0 Å². The Balaban J connectivity index is 2.36. The smallest absolute Gasteiger partial charge is 0.159 e. The summed E-state index contributed by atoms with van der Waals surface area (Å²) in [6.45, 7) is 5.29. The first-order valence-corrected chi connectivity index (χ1v) is 6.54. The Morgan fingerprint density at radius 1 is 1.38 bits per heavy atom. The minimum Gasteiger partial charge on any atom is -0.381 e. The summed E-state index contributed by atoms with van der Waals surface area (Å²) in [5.74, 6) is 1.05. The number of ether oxygens (including phenoxy) is 1. The summed E-state index contributed by atoms with van der Waals surface area (Å²) < 4.78 is 5.39. The maximum Gasteiger partial charge on any atom is 0.159 e. The number of hydrogen-bond donors (Lipinski definition) is 0. The molecule has 0 radical (unpaired) electrons. The Hall–Kier alpha value is -0.800. The fourth-order valence-electron chi connectivity index (χ4n) is 1.27. The maximum absolute atomic E-state index is 11.2. The summed E-state index contributed by atoms with van der Waals surface area (Å²) >= 11 is 1.73. The van der Waals surface area contributed by atoms with Gasteiger partial charge in [0, 0.05) is 22.8 Å². The van der Waals surface area contributed by atoms with E-state index >= 15 is 0 Å². The third kappa shape index (κ3) is 4.81. The van der Waals surface area contributed by atoms with Crippen LogP contribution in [-0.2, 0) is 4.74 Å². The largest absolute Gasteiger partial charge is 0.381 e. The van der Waals surface area contributed by atoms with Crippen LogP contribution in [0.1, 0.15) is 30.6 Å². The first-order valence-electron chi connectivity index (χ1n) is 5.55. The summed E-state index contributed by atoms with van der Waals surface area (Å²) in [5.41, 5.74) is 0.777. The molecule has 0 saturated carbocycles. The minimum absolute atomic E-state index is 0.115. The number of Topliss-reactive ketones (excluding diaryl/α,β-unsaturated/α-hetero) is 1. The predicted molar refractivity (Wildman–Crippen MR) is 68.3 cm³/mol. The van der Waals surface area contributed by atoms with Gasteiger partial charge in [0.05, 0.1) is 6.61 Å². The van der Waals surface area contributed by atoms with E-state index in [9.17, 15) is 4.79 Å². The summed E-state index contributed by atoms with van der Waals surface area (Å²) in [4.78, 5) is 12.3. The first kappa shape index (κ1) is 13.3. The Morgan fingerprint density at radius 2 is 2.19 bits per heavy atom. The van der Waals surface area contributed by atoms with Crippen LogP contribution in [0.15, 0.2) is 29.2 Å². The summed E-state index contributed by atoms with van der Waals surface area (Å²) in [6.07, 6.45) is 1.06. The Bertz CT molecular complexity index is 336. The highest BCUT2D eigenvalue weighted by molar-refractivity contribution is 7.99. The molecular weight excluding hydrogens is 220 g/mol. The molecule has 0 spiro atoms. The average molecular weight is 238 g/mol. The van der Waals surface area contributed by atoms with Crippen molar-refractivity contribution < 1.29 is 9.53 Å². The second-order valence-corrected chi connectivity index (χ2v) is 4.71. The summed E-state index contributed by atoms with van der Waals surface area (Å²) in [7, 11) is 0. The molecule has 0 N–H and O–H groups in total. The van der Waals surface area contributed by atoms with Gasteiger partial charge in [0.2, 0.25) is 0 Å². The Labute approximate surface area is 101 Å². The molecule has 88 valence electrons. The first-order chi connectivity index (χ1) is 7.74. The lowest BCUT2D eigenvalue weighted by molar-refractivity contribution is 0.101. The van der Waals surface area contributed by atoms with E-state index < -0.39 is 0 Å². The van der Waals surface area contributed by atoms with Crippen molar-refractivity contribution in [2.45, 2.75) is 25.2 Å². The van der Waals surface area contributed by atoms with Gasteiger partial charge in [0.1, 0.15) is 0 Å². The number of benzene rings is 1. The molecule has 0 saturated heterocycles. The molecule has 0 unspecified atom stereocenters. The average Bonchev–Trinajstić information content (AvgIpc) is 2.29. The highest BCUT2D eigenvalue weighted by atomic mass is 32.2. The highest BCUT2D eigenvalue weighted by Gasteiger charge is 2.00. The van der Waals surface area contributed by atoms with E-state index in [4.69, 9.17) is 4.74 Å².